The maximum atomic E-state index is 12.6. The van der Waals surface area contributed by atoms with Crippen molar-refractivity contribution in [3.63, 3.8) is 0 Å². The second-order valence-electron chi connectivity index (χ2n) is 6.25. The molecule has 0 saturated heterocycles. The number of halogens is 4. The molecule has 32 heavy (non-hydrogen) atoms. The minimum atomic E-state index is -4.84. The molecule has 0 bridgehead atoms. The lowest BCUT2D eigenvalue weighted by Gasteiger charge is -2.14. The van der Waals surface area contributed by atoms with Crippen molar-refractivity contribution in [3.05, 3.63) is 76.4 Å². The van der Waals surface area contributed by atoms with Crippen LogP contribution in [0, 0.1) is 0 Å². The third kappa shape index (κ3) is 7.14. The predicted molar refractivity (Wildman–Crippen MR) is 118 cm³/mol. The van der Waals surface area contributed by atoms with Gasteiger partial charge >= 0.3 is 6.36 Å². The summed E-state index contributed by atoms with van der Waals surface area (Å²) >= 11 is 4.54. The van der Waals surface area contributed by atoms with Gasteiger partial charge in [-0.3, -0.25) is 9.52 Å². The Labute approximate surface area is 194 Å². The Balaban J connectivity index is 1.63. The molecule has 3 rings (SSSR count). The zero-order valence-corrected chi connectivity index (χ0v) is 19.0. The molecule has 0 unspecified atom stereocenters. The first-order valence-electron chi connectivity index (χ1n) is 9.13. The van der Waals surface area contributed by atoms with E-state index in [1.165, 1.54) is 42.4 Å². The predicted octanol–water partition coefficient (Wildman–Crippen LogP) is 5.69. The number of benzene rings is 2. The highest BCUT2D eigenvalue weighted by molar-refractivity contribution is 9.10. The van der Waals surface area contributed by atoms with Crippen molar-refractivity contribution in [2.75, 3.05) is 7.05 Å². The third-order valence-electron chi connectivity index (χ3n) is 3.94. The second kappa shape index (κ2) is 10.7. The number of ether oxygens (including phenoxy) is 2. The summed E-state index contributed by atoms with van der Waals surface area (Å²) < 4.78 is 51.0. The van der Waals surface area contributed by atoms with Gasteiger partial charge in [0.2, 0.25) is 5.88 Å². The fraction of sp³-hybridized carbons (Fsp3) is 0.143. The van der Waals surface area contributed by atoms with E-state index in [0.29, 0.717) is 16.1 Å². The first kappa shape index (κ1) is 23.9. The van der Waals surface area contributed by atoms with E-state index in [1.54, 1.807) is 12.1 Å². The summed E-state index contributed by atoms with van der Waals surface area (Å²) in [6.07, 6.45) is -3.52. The van der Waals surface area contributed by atoms with E-state index >= 15 is 0 Å². The normalized spacial score (nSPS) is 11.2. The molecule has 6 nitrogen and oxygen atoms in total. The van der Waals surface area contributed by atoms with Gasteiger partial charge in [0, 0.05) is 33.7 Å². The molecule has 0 aliphatic carbocycles. The molecule has 11 heteroatoms. The number of nitrogens with one attached hydrogen (secondary N) is 2. The molecule has 0 atom stereocenters. The highest BCUT2D eigenvalue weighted by Crippen LogP contribution is 2.29. The van der Waals surface area contributed by atoms with Crippen LogP contribution < -0.4 is 19.5 Å². The van der Waals surface area contributed by atoms with Crippen molar-refractivity contribution < 1.29 is 27.4 Å². The Bertz CT molecular complexity index is 1080. The first-order chi connectivity index (χ1) is 15.2. The second-order valence-corrected chi connectivity index (χ2v) is 8.25. The summed E-state index contributed by atoms with van der Waals surface area (Å²) in [5.74, 6) is -0.0191. The summed E-state index contributed by atoms with van der Waals surface area (Å²) in [7, 11) is 1.81. The summed E-state index contributed by atoms with van der Waals surface area (Å²) in [6.45, 7) is -0.161. The number of pyridine rings is 1. The molecule has 0 saturated carbocycles. The van der Waals surface area contributed by atoms with E-state index in [4.69, 9.17) is 4.74 Å². The Hall–Kier alpha value is -2.76. The third-order valence-corrected chi connectivity index (χ3v) is 5.13. The Kier molecular flexibility index (Phi) is 7.99. The lowest BCUT2D eigenvalue weighted by Crippen LogP contribution is -2.24. The van der Waals surface area contributed by atoms with E-state index in [9.17, 15) is 18.0 Å². The van der Waals surface area contributed by atoms with Gasteiger partial charge in [0.1, 0.15) is 11.5 Å². The summed E-state index contributed by atoms with van der Waals surface area (Å²) in [5.41, 5.74) is 0.401. The van der Waals surface area contributed by atoms with Gasteiger partial charge in [0.05, 0.1) is 5.56 Å². The van der Waals surface area contributed by atoms with E-state index in [0.717, 1.165) is 4.90 Å². The molecule has 0 fully saturated rings. The monoisotopic (exact) mass is 527 g/mol. The molecule has 0 aliphatic heterocycles. The Morgan fingerprint density at radius 1 is 1.16 bits per heavy atom. The number of aromatic nitrogens is 1. The van der Waals surface area contributed by atoms with Crippen LogP contribution in [0.3, 0.4) is 0 Å². The standard InChI is InChI=1S/C21H17BrF3N3O3S/c1-26-32-17-4-2-3-16(10-17)30-19-8-6-14(12-27-19)20(29)28-11-13-5-7-15(22)9-18(13)31-21(23,24)25/h2-10,12,26H,11H2,1H3,(H,28,29). The van der Waals surface area contributed by atoms with E-state index in [1.807, 2.05) is 25.2 Å². The van der Waals surface area contributed by atoms with Crippen molar-refractivity contribution in [2.24, 2.45) is 0 Å². The zero-order valence-electron chi connectivity index (χ0n) is 16.6. The van der Waals surface area contributed by atoms with Crippen molar-refractivity contribution >= 4 is 33.8 Å². The minimum Gasteiger partial charge on any atom is -0.439 e. The molecule has 1 heterocycles. The van der Waals surface area contributed by atoms with Gasteiger partial charge in [-0.2, -0.15) is 0 Å². The van der Waals surface area contributed by atoms with Gasteiger partial charge in [-0.05, 0) is 55.4 Å². The van der Waals surface area contributed by atoms with Crippen LogP contribution >= 0.6 is 27.9 Å². The molecule has 3 aromatic rings. The molecule has 1 amide bonds. The van der Waals surface area contributed by atoms with Crippen LogP contribution in [0.2, 0.25) is 0 Å². The molecule has 0 spiro atoms. The Morgan fingerprint density at radius 3 is 2.66 bits per heavy atom. The average Bonchev–Trinajstić information content (AvgIpc) is 2.73. The van der Waals surface area contributed by atoms with Crippen molar-refractivity contribution in [2.45, 2.75) is 17.8 Å². The van der Waals surface area contributed by atoms with Crippen molar-refractivity contribution in [1.82, 2.24) is 15.0 Å². The van der Waals surface area contributed by atoms with Gasteiger partial charge in [-0.1, -0.05) is 28.1 Å². The zero-order chi connectivity index (χ0) is 23.1. The first-order valence-corrected chi connectivity index (χ1v) is 10.7. The fourth-order valence-corrected chi connectivity index (χ4v) is 3.48. The topological polar surface area (TPSA) is 72.5 Å². The molecular weight excluding hydrogens is 511 g/mol. The number of nitrogens with zero attached hydrogens (tertiary/aromatic N) is 1. The largest absolute Gasteiger partial charge is 0.573 e. The highest BCUT2D eigenvalue weighted by atomic mass is 79.9. The number of rotatable bonds is 8. The maximum Gasteiger partial charge on any atom is 0.573 e. The average molecular weight is 528 g/mol. The van der Waals surface area contributed by atoms with Gasteiger partial charge in [-0.25, -0.2) is 4.98 Å². The van der Waals surface area contributed by atoms with Crippen LogP contribution in [0.4, 0.5) is 13.2 Å². The number of amides is 1. The molecular formula is C21H17BrF3N3O3S. The van der Waals surface area contributed by atoms with Gasteiger partial charge in [0.25, 0.3) is 5.91 Å². The van der Waals surface area contributed by atoms with Crippen LogP contribution in [0.25, 0.3) is 0 Å². The summed E-state index contributed by atoms with van der Waals surface area (Å²) in [4.78, 5) is 17.5. The highest BCUT2D eigenvalue weighted by Gasteiger charge is 2.32. The van der Waals surface area contributed by atoms with Gasteiger partial charge in [0.15, 0.2) is 0 Å². The van der Waals surface area contributed by atoms with Gasteiger partial charge < -0.3 is 14.8 Å². The number of carbonyl (C=O) groups excluding carboxylic acids is 1. The number of carbonyl (C=O) groups is 1. The lowest BCUT2D eigenvalue weighted by atomic mass is 10.2. The van der Waals surface area contributed by atoms with Crippen LogP contribution in [-0.2, 0) is 6.54 Å². The van der Waals surface area contributed by atoms with Crippen LogP contribution in [-0.4, -0.2) is 24.3 Å². The molecule has 0 aliphatic rings. The number of hydrogen-bond donors (Lipinski definition) is 2. The molecule has 1 aromatic heterocycles. The van der Waals surface area contributed by atoms with E-state index < -0.39 is 18.0 Å². The minimum absolute atomic E-state index is 0.161. The summed E-state index contributed by atoms with van der Waals surface area (Å²) in [5, 5.41) is 2.56. The summed E-state index contributed by atoms with van der Waals surface area (Å²) in [6, 6.07) is 14.6. The molecule has 168 valence electrons. The van der Waals surface area contributed by atoms with E-state index in [-0.39, 0.29) is 17.7 Å². The smallest absolute Gasteiger partial charge is 0.439 e. The maximum absolute atomic E-state index is 12.6. The van der Waals surface area contributed by atoms with Crippen molar-refractivity contribution in [1.29, 1.82) is 0 Å². The van der Waals surface area contributed by atoms with E-state index in [2.05, 4.69) is 35.7 Å². The molecule has 0 radical (unpaired) electrons. The van der Waals surface area contributed by atoms with Crippen molar-refractivity contribution in [3.8, 4) is 17.4 Å². The van der Waals surface area contributed by atoms with Crippen LogP contribution in [0.5, 0.6) is 17.4 Å². The fourth-order valence-electron chi connectivity index (χ4n) is 2.59. The lowest BCUT2D eigenvalue weighted by molar-refractivity contribution is -0.274. The van der Waals surface area contributed by atoms with Crippen LogP contribution in [0.1, 0.15) is 15.9 Å². The number of alkyl halides is 3. The SMILES string of the molecule is CNSc1cccc(Oc2ccc(C(=O)NCc3ccc(Br)cc3OC(F)(F)F)cn2)c1. The van der Waals surface area contributed by atoms with Gasteiger partial charge in [-0.15, -0.1) is 13.2 Å². The quantitative estimate of drug-likeness (QED) is 0.366. The van der Waals surface area contributed by atoms with Crippen LogP contribution in [0.15, 0.2) is 70.2 Å². The molecule has 2 N–H and O–H groups in total. The molecule has 2 aromatic carbocycles. The Morgan fingerprint density at radius 2 is 1.97 bits per heavy atom. The number of hydrogen-bond acceptors (Lipinski definition) is 6.